The van der Waals surface area contributed by atoms with Gasteiger partial charge in [-0.1, -0.05) is 32.5 Å². The number of rotatable bonds is 7. The van der Waals surface area contributed by atoms with Crippen LogP contribution in [0.5, 0.6) is 5.75 Å². The zero-order valence-corrected chi connectivity index (χ0v) is 19.1. The second-order valence-electron chi connectivity index (χ2n) is 7.96. The SMILES string of the molecule is CCC(C)=C(N=CC(C)CC)C1=CC2(C)N=CCC(Oc3ccc(N)cc3F)=C2S1. The van der Waals surface area contributed by atoms with Crippen LogP contribution in [0.25, 0.3) is 0 Å². The molecule has 6 heteroatoms. The van der Waals surface area contributed by atoms with E-state index in [4.69, 9.17) is 20.5 Å². The minimum atomic E-state index is -0.525. The Hall–Kier alpha value is -2.34. The van der Waals surface area contributed by atoms with E-state index in [2.05, 4.69) is 40.7 Å². The Morgan fingerprint density at radius 3 is 2.87 bits per heavy atom. The van der Waals surface area contributed by atoms with Crippen molar-refractivity contribution in [2.75, 3.05) is 5.73 Å². The smallest absolute Gasteiger partial charge is 0.167 e. The first-order valence-electron chi connectivity index (χ1n) is 10.4. The van der Waals surface area contributed by atoms with Crippen molar-refractivity contribution in [2.24, 2.45) is 15.9 Å². The molecule has 0 bridgehead atoms. The summed E-state index contributed by atoms with van der Waals surface area (Å²) in [6, 6.07) is 4.48. The average Bonchev–Trinajstić information content (AvgIpc) is 3.07. The molecule has 3 rings (SSSR count). The van der Waals surface area contributed by atoms with Crippen LogP contribution in [-0.2, 0) is 0 Å². The normalized spacial score (nSPS) is 22.8. The maximum Gasteiger partial charge on any atom is 0.167 e. The minimum Gasteiger partial charge on any atom is -0.457 e. The number of hydrogen-bond donors (Lipinski definition) is 1. The highest BCUT2D eigenvalue weighted by Gasteiger charge is 2.40. The van der Waals surface area contributed by atoms with Crippen molar-refractivity contribution in [3.05, 3.63) is 56.9 Å². The van der Waals surface area contributed by atoms with Crippen molar-refractivity contribution in [2.45, 2.75) is 59.4 Å². The number of fused-ring (bicyclic) bond motifs is 1. The van der Waals surface area contributed by atoms with Gasteiger partial charge in [-0.25, -0.2) is 4.39 Å². The number of nitrogens with two attached hydrogens (primary N) is 1. The topological polar surface area (TPSA) is 60.0 Å². The maximum atomic E-state index is 14.3. The summed E-state index contributed by atoms with van der Waals surface area (Å²) in [5.74, 6) is 0.837. The van der Waals surface area contributed by atoms with Crippen LogP contribution < -0.4 is 10.5 Å². The van der Waals surface area contributed by atoms with Crippen LogP contribution >= 0.6 is 11.8 Å². The van der Waals surface area contributed by atoms with Crippen molar-refractivity contribution < 1.29 is 9.13 Å². The van der Waals surface area contributed by atoms with Gasteiger partial charge in [0.25, 0.3) is 0 Å². The molecular formula is C24H30FN3OS. The molecule has 2 aliphatic rings. The van der Waals surface area contributed by atoms with E-state index in [0.717, 1.165) is 28.3 Å². The predicted molar refractivity (Wildman–Crippen MR) is 127 cm³/mol. The van der Waals surface area contributed by atoms with Gasteiger partial charge in [0.05, 0.1) is 10.6 Å². The Morgan fingerprint density at radius 2 is 2.20 bits per heavy atom. The molecule has 2 unspecified atom stereocenters. The summed E-state index contributed by atoms with van der Waals surface area (Å²) in [6.45, 7) is 10.6. The molecule has 1 aromatic carbocycles. The number of nitrogens with zero attached hydrogens (tertiary/aromatic N) is 2. The van der Waals surface area contributed by atoms with Crippen LogP contribution in [0.1, 0.15) is 53.9 Å². The van der Waals surface area contributed by atoms with E-state index in [1.165, 1.54) is 11.6 Å². The van der Waals surface area contributed by atoms with E-state index in [-0.39, 0.29) is 5.75 Å². The van der Waals surface area contributed by atoms with E-state index in [1.807, 2.05) is 12.4 Å². The number of allylic oxidation sites excluding steroid dienone is 2. The highest BCUT2D eigenvalue weighted by molar-refractivity contribution is 8.07. The zero-order chi connectivity index (χ0) is 21.9. The molecule has 0 aliphatic carbocycles. The summed E-state index contributed by atoms with van der Waals surface area (Å²) in [7, 11) is 0. The largest absolute Gasteiger partial charge is 0.457 e. The van der Waals surface area contributed by atoms with Crippen LogP contribution in [0, 0.1) is 11.7 Å². The Labute approximate surface area is 182 Å². The molecule has 2 N–H and O–H groups in total. The molecule has 4 nitrogen and oxygen atoms in total. The number of benzene rings is 1. The van der Waals surface area contributed by atoms with Crippen LogP contribution in [0.3, 0.4) is 0 Å². The Kier molecular flexibility index (Phi) is 6.86. The van der Waals surface area contributed by atoms with E-state index in [0.29, 0.717) is 23.8 Å². The standard InChI is InChI=1S/C24H30FN3OS/c1-6-15(3)14-27-22(16(4)7-2)21-13-24(5)23(30-21)20(10-11-28-24)29-19-9-8-17(26)12-18(19)25/h8-9,11-15H,6-7,10,26H2,1-5H3. The fraction of sp³-hybridized carbons (Fsp3) is 0.417. The third-order valence-electron chi connectivity index (χ3n) is 5.43. The average molecular weight is 428 g/mol. The molecular weight excluding hydrogens is 397 g/mol. The van der Waals surface area contributed by atoms with Gasteiger partial charge in [-0.05, 0) is 56.4 Å². The number of thioether (sulfide) groups is 1. The van der Waals surface area contributed by atoms with E-state index in [9.17, 15) is 4.39 Å². The summed E-state index contributed by atoms with van der Waals surface area (Å²) >= 11 is 1.62. The van der Waals surface area contributed by atoms with Crippen molar-refractivity contribution in [1.29, 1.82) is 0 Å². The van der Waals surface area contributed by atoms with Gasteiger partial charge in [-0.2, -0.15) is 0 Å². The van der Waals surface area contributed by atoms with Gasteiger partial charge in [0.15, 0.2) is 11.6 Å². The van der Waals surface area contributed by atoms with Gasteiger partial charge in [0, 0.05) is 35.5 Å². The van der Waals surface area contributed by atoms with Crippen LogP contribution in [-0.4, -0.2) is 18.0 Å². The molecule has 30 heavy (non-hydrogen) atoms. The van der Waals surface area contributed by atoms with Crippen LogP contribution in [0.2, 0.25) is 0 Å². The van der Waals surface area contributed by atoms with E-state index in [1.54, 1.807) is 23.9 Å². The predicted octanol–water partition coefficient (Wildman–Crippen LogP) is 6.66. The zero-order valence-electron chi connectivity index (χ0n) is 18.3. The summed E-state index contributed by atoms with van der Waals surface area (Å²) in [6.07, 6.45) is 8.50. The Morgan fingerprint density at radius 1 is 1.43 bits per heavy atom. The molecule has 0 amide bonds. The Bertz CT molecular complexity index is 977. The molecule has 0 spiro atoms. The lowest BCUT2D eigenvalue weighted by Gasteiger charge is -2.25. The monoisotopic (exact) mass is 427 g/mol. The number of dihydropyridines is 1. The van der Waals surface area contributed by atoms with E-state index < -0.39 is 11.4 Å². The lowest BCUT2D eigenvalue weighted by molar-refractivity contribution is 0.381. The third kappa shape index (κ3) is 4.69. The summed E-state index contributed by atoms with van der Waals surface area (Å²) in [5, 5.41) is 0. The van der Waals surface area contributed by atoms with Crippen molar-refractivity contribution in [3.8, 4) is 5.75 Å². The van der Waals surface area contributed by atoms with E-state index >= 15 is 0 Å². The van der Waals surface area contributed by atoms with Gasteiger partial charge in [0.1, 0.15) is 11.3 Å². The fourth-order valence-electron chi connectivity index (χ4n) is 3.21. The first-order chi connectivity index (χ1) is 14.3. The lowest BCUT2D eigenvalue weighted by atomic mass is 9.97. The number of anilines is 1. The number of hydrogen-bond acceptors (Lipinski definition) is 5. The molecule has 2 aliphatic heterocycles. The second-order valence-corrected chi connectivity index (χ2v) is 9.02. The molecule has 1 aromatic rings. The number of nitrogen functional groups attached to an aromatic ring is 1. The summed E-state index contributed by atoms with van der Waals surface area (Å²) in [4.78, 5) is 11.6. The molecule has 0 aromatic heterocycles. The molecule has 0 fully saturated rings. The molecule has 2 heterocycles. The van der Waals surface area contributed by atoms with Crippen molar-refractivity contribution >= 4 is 29.9 Å². The molecule has 160 valence electrons. The minimum absolute atomic E-state index is 0.175. The number of aliphatic imine (C=N–C) groups is 2. The van der Waals surface area contributed by atoms with Crippen molar-refractivity contribution in [3.63, 3.8) is 0 Å². The molecule has 2 atom stereocenters. The lowest BCUT2D eigenvalue weighted by Crippen LogP contribution is -2.24. The highest BCUT2D eigenvalue weighted by Crippen LogP contribution is 2.51. The summed E-state index contributed by atoms with van der Waals surface area (Å²) in [5.41, 5.74) is 7.73. The number of ether oxygens (including phenoxy) is 1. The molecule has 0 saturated heterocycles. The highest BCUT2D eigenvalue weighted by atomic mass is 32.2. The fourth-order valence-corrected chi connectivity index (χ4v) is 4.59. The second kappa shape index (κ2) is 9.21. The first kappa shape index (κ1) is 22.3. The van der Waals surface area contributed by atoms with Gasteiger partial charge >= 0.3 is 0 Å². The van der Waals surface area contributed by atoms with Gasteiger partial charge in [0.2, 0.25) is 0 Å². The van der Waals surface area contributed by atoms with Crippen LogP contribution in [0.15, 0.2) is 61.1 Å². The molecule has 0 radical (unpaired) electrons. The molecule has 0 saturated carbocycles. The quantitative estimate of drug-likeness (QED) is 0.391. The van der Waals surface area contributed by atoms with Gasteiger partial charge < -0.3 is 10.5 Å². The summed E-state index contributed by atoms with van der Waals surface area (Å²) < 4.78 is 20.3. The third-order valence-corrected chi connectivity index (χ3v) is 6.81. The van der Waals surface area contributed by atoms with Gasteiger partial charge in [-0.3, -0.25) is 9.98 Å². The number of halogens is 1. The van der Waals surface area contributed by atoms with Gasteiger partial charge in [-0.15, -0.1) is 0 Å². The Balaban J connectivity index is 1.96. The van der Waals surface area contributed by atoms with Crippen LogP contribution in [0.4, 0.5) is 10.1 Å². The maximum absolute atomic E-state index is 14.3. The first-order valence-corrected chi connectivity index (χ1v) is 11.2. The van der Waals surface area contributed by atoms with Crippen molar-refractivity contribution in [1.82, 2.24) is 0 Å².